The molecule has 1 atom stereocenters. The molecule has 5 nitrogen and oxygen atoms in total. The fourth-order valence-electron chi connectivity index (χ4n) is 1.32. The van der Waals surface area contributed by atoms with Crippen molar-refractivity contribution in [3.8, 4) is 0 Å². The number of pyridine rings is 1. The van der Waals surface area contributed by atoms with Crippen molar-refractivity contribution < 1.29 is 4.79 Å². The molecular formula is C11H12N4OS. The van der Waals surface area contributed by atoms with Crippen LogP contribution in [0.2, 0.25) is 0 Å². The van der Waals surface area contributed by atoms with Crippen molar-refractivity contribution in [3.63, 3.8) is 0 Å². The minimum atomic E-state index is -0.280. The summed E-state index contributed by atoms with van der Waals surface area (Å²) >= 11 is 1.38. The summed E-state index contributed by atoms with van der Waals surface area (Å²) in [7, 11) is 0. The van der Waals surface area contributed by atoms with E-state index in [2.05, 4.69) is 20.6 Å². The Morgan fingerprint density at radius 3 is 2.88 bits per heavy atom. The molecule has 0 saturated heterocycles. The van der Waals surface area contributed by atoms with E-state index in [4.69, 9.17) is 0 Å². The topological polar surface area (TPSA) is 66.9 Å². The molecule has 0 aliphatic heterocycles. The van der Waals surface area contributed by atoms with Crippen molar-refractivity contribution in [2.75, 3.05) is 5.32 Å². The van der Waals surface area contributed by atoms with Crippen molar-refractivity contribution in [1.82, 2.24) is 15.3 Å². The summed E-state index contributed by atoms with van der Waals surface area (Å²) in [5.41, 5.74) is 0.821. The number of nitrogens with zero attached hydrogens (tertiary/aromatic N) is 2. The van der Waals surface area contributed by atoms with Gasteiger partial charge in [-0.25, -0.2) is 9.78 Å². The number of hydrogen-bond donors (Lipinski definition) is 2. The Morgan fingerprint density at radius 1 is 1.35 bits per heavy atom. The van der Waals surface area contributed by atoms with E-state index in [0.717, 1.165) is 5.69 Å². The van der Waals surface area contributed by atoms with E-state index in [1.54, 1.807) is 17.8 Å². The first-order valence-corrected chi connectivity index (χ1v) is 6.01. The van der Waals surface area contributed by atoms with Crippen LogP contribution in [0.15, 0.2) is 36.0 Å². The number of nitrogens with one attached hydrogen (secondary N) is 2. The van der Waals surface area contributed by atoms with Gasteiger partial charge in [0.25, 0.3) is 0 Å². The zero-order chi connectivity index (χ0) is 12.1. The normalized spacial score (nSPS) is 11.8. The second kappa shape index (κ2) is 5.40. The van der Waals surface area contributed by atoms with E-state index < -0.39 is 0 Å². The number of thiazole rings is 1. The monoisotopic (exact) mass is 248 g/mol. The van der Waals surface area contributed by atoms with E-state index in [1.165, 1.54) is 11.3 Å². The lowest BCUT2D eigenvalue weighted by Gasteiger charge is -2.12. The van der Waals surface area contributed by atoms with Crippen molar-refractivity contribution in [1.29, 1.82) is 0 Å². The molecule has 0 radical (unpaired) electrons. The maximum atomic E-state index is 11.6. The van der Waals surface area contributed by atoms with Gasteiger partial charge in [-0.3, -0.25) is 10.3 Å². The van der Waals surface area contributed by atoms with Crippen LogP contribution in [0.3, 0.4) is 0 Å². The van der Waals surface area contributed by atoms with Gasteiger partial charge in [0, 0.05) is 17.8 Å². The van der Waals surface area contributed by atoms with Crippen LogP contribution < -0.4 is 10.6 Å². The van der Waals surface area contributed by atoms with Crippen LogP contribution >= 0.6 is 11.3 Å². The molecule has 0 aliphatic carbocycles. The second-order valence-electron chi connectivity index (χ2n) is 3.41. The number of rotatable bonds is 3. The highest BCUT2D eigenvalue weighted by Gasteiger charge is 2.10. The Labute approximate surface area is 103 Å². The van der Waals surface area contributed by atoms with E-state index in [-0.39, 0.29) is 12.1 Å². The van der Waals surface area contributed by atoms with Gasteiger partial charge in [0.2, 0.25) is 0 Å². The Morgan fingerprint density at radius 2 is 2.24 bits per heavy atom. The third kappa shape index (κ3) is 3.25. The molecule has 2 amide bonds. The molecule has 0 aliphatic rings. The van der Waals surface area contributed by atoms with Gasteiger partial charge in [0.1, 0.15) is 0 Å². The number of carbonyl (C=O) groups excluding carboxylic acids is 1. The number of urea groups is 1. The fraction of sp³-hybridized carbons (Fsp3) is 0.182. The van der Waals surface area contributed by atoms with E-state index >= 15 is 0 Å². The average molecular weight is 248 g/mol. The lowest BCUT2D eigenvalue weighted by Crippen LogP contribution is -2.31. The van der Waals surface area contributed by atoms with Gasteiger partial charge in [0.05, 0.1) is 11.7 Å². The molecule has 2 heterocycles. The standard InChI is InChI=1S/C11H12N4OS/c1-8(9-4-2-3-5-12-9)14-10(16)15-11-13-6-7-17-11/h2-8H,1H3,(H2,13,14,15,16)/t8-/m1/s1. The molecule has 0 spiro atoms. The van der Waals surface area contributed by atoms with Crippen LogP contribution in [0, 0.1) is 0 Å². The molecular weight excluding hydrogens is 236 g/mol. The van der Waals surface area contributed by atoms with Crippen LogP contribution in [0.5, 0.6) is 0 Å². The molecule has 0 aromatic carbocycles. The van der Waals surface area contributed by atoms with Crippen LogP contribution in [-0.4, -0.2) is 16.0 Å². The highest BCUT2D eigenvalue weighted by Crippen LogP contribution is 2.11. The minimum absolute atomic E-state index is 0.142. The Kier molecular flexibility index (Phi) is 3.66. The average Bonchev–Trinajstić information content (AvgIpc) is 2.82. The van der Waals surface area contributed by atoms with Crippen molar-refractivity contribution >= 4 is 22.5 Å². The summed E-state index contributed by atoms with van der Waals surface area (Å²) in [5, 5.41) is 7.82. The third-order valence-corrected chi connectivity index (χ3v) is 2.82. The molecule has 0 bridgehead atoms. The quantitative estimate of drug-likeness (QED) is 0.876. The SMILES string of the molecule is C[C@@H](NC(=O)Nc1nccs1)c1ccccn1. The van der Waals surface area contributed by atoms with Gasteiger partial charge in [-0.15, -0.1) is 11.3 Å². The van der Waals surface area contributed by atoms with Gasteiger partial charge in [-0.1, -0.05) is 6.07 Å². The molecule has 88 valence electrons. The molecule has 17 heavy (non-hydrogen) atoms. The first-order valence-electron chi connectivity index (χ1n) is 5.13. The van der Waals surface area contributed by atoms with Gasteiger partial charge >= 0.3 is 6.03 Å². The highest BCUT2D eigenvalue weighted by atomic mass is 32.1. The first kappa shape index (κ1) is 11.5. The molecule has 2 rings (SSSR count). The van der Waals surface area contributed by atoms with Crippen LogP contribution in [-0.2, 0) is 0 Å². The zero-order valence-electron chi connectivity index (χ0n) is 9.25. The number of amides is 2. The second-order valence-corrected chi connectivity index (χ2v) is 4.31. The van der Waals surface area contributed by atoms with Crippen LogP contribution in [0.4, 0.5) is 9.93 Å². The molecule has 6 heteroatoms. The Hall–Kier alpha value is -1.95. The van der Waals surface area contributed by atoms with Gasteiger partial charge in [0.15, 0.2) is 5.13 Å². The predicted octanol–water partition coefficient (Wildman–Crippen LogP) is 2.42. The summed E-state index contributed by atoms with van der Waals surface area (Å²) in [6.45, 7) is 1.88. The summed E-state index contributed by atoms with van der Waals surface area (Å²) in [4.78, 5) is 19.8. The number of hydrogen-bond acceptors (Lipinski definition) is 4. The maximum absolute atomic E-state index is 11.6. The van der Waals surface area contributed by atoms with Gasteiger partial charge in [-0.05, 0) is 19.1 Å². The highest BCUT2D eigenvalue weighted by molar-refractivity contribution is 7.13. The lowest BCUT2D eigenvalue weighted by atomic mass is 10.2. The molecule has 2 aromatic rings. The summed E-state index contributed by atoms with van der Waals surface area (Å²) < 4.78 is 0. The van der Waals surface area contributed by atoms with Crippen molar-refractivity contribution in [2.24, 2.45) is 0 Å². The smallest absolute Gasteiger partial charge is 0.321 e. The van der Waals surface area contributed by atoms with E-state index in [9.17, 15) is 4.79 Å². The van der Waals surface area contributed by atoms with E-state index in [1.807, 2.05) is 25.1 Å². The minimum Gasteiger partial charge on any atom is -0.330 e. The first-order chi connectivity index (χ1) is 8.25. The van der Waals surface area contributed by atoms with Crippen LogP contribution in [0.25, 0.3) is 0 Å². The van der Waals surface area contributed by atoms with Crippen molar-refractivity contribution in [2.45, 2.75) is 13.0 Å². The molecule has 2 N–H and O–H groups in total. The number of anilines is 1. The number of carbonyl (C=O) groups is 1. The maximum Gasteiger partial charge on any atom is 0.321 e. The molecule has 2 aromatic heterocycles. The zero-order valence-corrected chi connectivity index (χ0v) is 10.1. The summed E-state index contributed by atoms with van der Waals surface area (Å²) in [6.07, 6.45) is 3.34. The summed E-state index contributed by atoms with van der Waals surface area (Å²) in [5.74, 6) is 0. The fourth-order valence-corrected chi connectivity index (χ4v) is 1.85. The third-order valence-electron chi connectivity index (χ3n) is 2.13. The molecule has 0 fully saturated rings. The number of aromatic nitrogens is 2. The van der Waals surface area contributed by atoms with Crippen LogP contribution in [0.1, 0.15) is 18.7 Å². The molecule has 0 saturated carbocycles. The van der Waals surface area contributed by atoms with E-state index in [0.29, 0.717) is 5.13 Å². The van der Waals surface area contributed by atoms with Crippen molar-refractivity contribution in [3.05, 3.63) is 41.7 Å². The van der Waals surface area contributed by atoms with Gasteiger partial charge in [-0.2, -0.15) is 0 Å². The summed E-state index contributed by atoms with van der Waals surface area (Å²) in [6, 6.07) is 5.17. The Bertz CT molecular complexity index is 471. The Balaban J connectivity index is 1.91. The predicted molar refractivity (Wildman–Crippen MR) is 66.9 cm³/mol. The largest absolute Gasteiger partial charge is 0.330 e. The molecule has 0 unspecified atom stereocenters. The lowest BCUT2D eigenvalue weighted by molar-refractivity contribution is 0.249. The van der Waals surface area contributed by atoms with Gasteiger partial charge < -0.3 is 5.32 Å².